The van der Waals surface area contributed by atoms with Crippen molar-refractivity contribution in [2.24, 2.45) is 0 Å². The topological polar surface area (TPSA) is 6.48 Å². The number of rotatable bonds is 7. The molecule has 8 aromatic carbocycles. The number of halogens is 12. The summed E-state index contributed by atoms with van der Waals surface area (Å²) in [6.45, 7) is 0. The zero-order valence-electron chi connectivity index (χ0n) is 28.5. The molecule has 0 saturated carbocycles. The zero-order valence-corrected chi connectivity index (χ0v) is 28.5. The molecule has 0 unspecified atom stereocenters. The molecule has 0 bridgehead atoms. The molecule has 0 aliphatic heterocycles. The van der Waals surface area contributed by atoms with Gasteiger partial charge in [0.05, 0.1) is 11.4 Å². The highest BCUT2D eigenvalue weighted by atomic mass is 19.3. The van der Waals surface area contributed by atoms with E-state index >= 15 is 17.6 Å². The van der Waals surface area contributed by atoms with Gasteiger partial charge in [0.2, 0.25) is 11.6 Å². The maximum Gasteiger partial charge on any atom is 0.263 e. The molecule has 8 aromatic rings. The molecule has 0 fully saturated rings. The second-order valence-corrected chi connectivity index (χ2v) is 12.7. The van der Waals surface area contributed by atoms with Crippen molar-refractivity contribution in [3.63, 3.8) is 0 Å². The first-order chi connectivity index (χ1) is 27.3. The Morgan fingerprint density at radius 1 is 0.316 bits per heavy atom. The normalized spacial score (nSPS) is 11.7. The molecular formula is C43H20F12N2. The Morgan fingerprint density at radius 2 is 0.667 bits per heavy atom. The summed E-state index contributed by atoms with van der Waals surface area (Å²) in [6, 6.07) is 25.7. The van der Waals surface area contributed by atoms with Gasteiger partial charge in [0.25, 0.3) is 6.43 Å². The summed E-state index contributed by atoms with van der Waals surface area (Å²) in [5.41, 5.74) is -4.07. The number of fused-ring (bicyclic) bond motifs is 5. The van der Waals surface area contributed by atoms with Crippen LogP contribution in [0, 0.1) is 58.2 Å². The summed E-state index contributed by atoms with van der Waals surface area (Å²) >= 11 is 0. The van der Waals surface area contributed by atoms with Crippen LogP contribution in [-0.2, 0) is 0 Å². The van der Waals surface area contributed by atoms with Crippen molar-refractivity contribution in [3.05, 3.63) is 179 Å². The van der Waals surface area contributed by atoms with Gasteiger partial charge in [-0.15, -0.1) is 0 Å². The fraction of sp³-hybridized carbons (Fsp3) is 0.0233. The average Bonchev–Trinajstić information content (AvgIpc) is 3.23. The minimum Gasteiger partial charge on any atom is -0.304 e. The molecule has 0 saturated heterocycles. The van der Waals surface area contributed by atoms with Crippen LogP contribution in [0.1, 0.15) is 12.0 Å². The van der Waals surface area contributed by atoms with Gasteiger partial charge < -0.3 is 9.80 Å². The molecule has 0 atom stereocenters. The van der Waals surface area contributed by atoms with E-state index in [1.165, 1.54) is 103 Å². The number of alkyl halides is 2. The van der Waals surface area contributed by atoms with E-state index in [-0.39, 0.29) is 55.1 Å². The van der Waals surface area contributed by atoms with Crippen LogP contribution in [0.2, 0.25) is 0 Å². The standard InChI is InChI=1S/C43H20F12N2/c44-31-33(46)37(50)41(38(51)34(31)47)56(21-9-3-1-4-10-21)29-18-27-24-16-15-20(43(54)55)17-28(24)30(19-26(27)23-13-7-8-14-25(23)29)57(22-11-5-2-6-12-22)42-39(52)35(48)32(45)36(49)40(42)53/h1-19,43H. The minimum atomic E-state index is -3.12. The third kappa shape index (κ3) is 5.85. The molecule has 0 spiro atoms. The SMILES string of the molecule is Fc1c(F)c(F)c(N(c2ccccc2)c2cc3c4ccc(C(F)F)cc4c(N(c4ccccc4)c4c(F)c(F)c(F)c(F)c4F)cc3c3ccccc23)c(F)c1F. The van der Waals surface area contributed by atoms with Crippen molar-refractivity contribution in [3.8, 4) is 0 Å². The predicted molar refractivity (Wildman–Crippen MR) is 193 cm³/mol. The van der Waals surface area contributed by atoms with Gasteiger partial charge >= 0.3 is 0 Å². The van der Waals surface area contributed by atoms with Crippen molar-refractivity contribution >= 4 is 66.4 Å². The lowest BCUT2D eigenvalue weighted by Gasteiger charge is -2.30. The van der Waals surface area contributed by atoms with Gasteiger partial charge in [0, 0.05) is 27.7 Å². The lowest BCUT2D eigenvalue weighted by Crippen LogP contribution is -2.18. The molecule has 2 nitrogen and oxygen atoms in total. The number of para-hydroxylation sites is 2. The Labute approximate surface area is 314 Å². The van der Waals surface area contributed by atoms with Gasteiger partial charge in [-0.05, 0) is 64.0 Å². The van der Waals surface area contributed by atoms with Crippen molar-refractivity contribution in [2.45, 2.75) is 6.43 Å². The van der Waals surface area contributed by atoms with Crippen molar-refractivity contribution in [1.82, 2.24) is 0 Å². The van der Waals surface area contributed by atoms with Crippen LogP contribution in [0.4, 0.5) is 86.8 Å². The molecule has 0 radical (unpaired) electrons. The summed E-state index contributed by atoms with van der Waals surface area (Å²) in [5, 5.41) is 0.400. The van der Waals surface area contributed by atoms with Gasteiger partial charge in [0.15, 0.2) is 46.5 Å². The van der Waals surface area contributed by atoms with E-state index in [0.717, 1.165) is 17.0 Å². The van der Waals surface area contributed by atoms with Crippen LogP contribution in [0.3, 0.4) is 0 Å². The third-order valence-corrected chi connectivity index (χ3v) is 9.54. The Bertz CT molecular complexity index is 2850. The number of hydrogen-bond acceptors (Lipinski definition) is 2. The van der Waals surface area contributed by atoms with E-state index < -0.39 is 81.5 Å². The van der Waals surface area contributed by atoms with Crippen LogP contribution in [0.5, 0.6) is 0 Å². The Balaban J connectivity index is 1.56. The lowest BCUT2D eigenvalue weighted by atomic mass is 9.92. The van der Waals surface area contributed by atoms with Crippen LogP contribution >= 0.6 is 0 Å². The van der Waals surface area contributed by atoms with Gasteiger partial charge in [-0.3, -0.25) is 0 Å². The first kappa shape index (κ1) is 37.2. The Kier molecular flexibility index (Phi) is 9.21. The average molecular weight is 793 g/mol. The second kappa shape index (κ2) is 14.1. The number of hydrogen-bond donors (Lipinski definition) is 0. The molecule has 286 valence electrons. The van der Waals surface area contributed by atoms with Crippen molar-refractivity contribution in [2.75, 3.05) is 9.80 Å². The molecule has 14 heteroatoms. The van der Waals surface area contributed by atoms with E-state index in [9.17, 15) is 35.1 Å². The molecular weight excluding hydrogens is 772 g/mol. The lowest BCUT2D eigenvalue weighted by molar-refractivity contribution is 0.151. The van der Waals surface area contributed by atoms with Crippen LogP contribution in [-0.4, -0.2) is 0 Å². The maximum atomic E-state index is 15.8. The monoisotopic (exact) mass is 792 g/mol. The Morgan fingerprint density at radius 3 is 1.09 bits per heavy atom. The van der Waals surface area contributed by atoms with Gasteiger partial charge in [-0.2, -0.15) is 0 Å². The fourth-order valence-electron chi connectivity index (χ4n) is 7.00. The predicted octanol–water partition coefficient (Wildman–Crippen LogP) is 14.4. The highest BCUT2D eigenvalue weighted by Gasteiger charge is 2.34. The van der Waals surface area contributed by atoms with E-state index in [2.05, 4.69) is 0 Å². The summed E-state index contributed by atoms with van der Waals surface area (Å²) in [6.07, 6.45) is -3.12. The Hall–Kier alpha value is -6.70. The van der Waals surface area contributed by atoms with Gasteiger partial charge in [-0.25, -0.2) is 52.7 Å². The van der Waals surface area contributed by atoms with E-state index in [4.69, 9.17) is 0 Å². The molecule has 0 aromatic heterocycles. The number of anilines is 6. The quantitative estimate of drug-likeness (QED) is 0.0686. The van der Waals surface area contributed by atoms with Crippen LogP contribution in [0.25, 0.3) is 32.3 Å². The molecule has 0 heterocycles. The smallest absolute Gasteiger partial charge is 0.263 e. The molecule has 0 amide bonds. The summed E-state index contributed by atoms with van der Waals surface area (Å²) in [5.74, 6) is -22.6. The van der Waals surface area contributed by atoms with E-state index in [1.807, 2.05) is 0 Å². The third-order valence-electron chi connectivity index (χ3n) is 9.54. The molecule has 0 N–H and O–H groups in total. The van der Waals surface area contributed by atoms with Crippen molar-refractivity contribution < 1.29 is 52.7 Å². The second-order valence-electron chi connectivity index (χ2n) is 12.7. The number of nitrogens with zero attached hydrogens (tertiary/aromatic N) is 2. The largest absolute Gasteiger partial charge is 0.304 e. The molecule has 8 rings (SSSR count). The first-order valence-corrected chi connectivity index (χ1v) is 16.7. The number of benzene rings is 8. The highest BCUT2D eigenvalue weighted by molar-refractivity contribution is 6.24. The molecule has 0 aliphatic rings. The summed E-state index contributed by atoms with van der Waals surface area (Å²) < 4.78 is 180. The van der Waals surface area contributed by atoms with Crippen LogP contribution < -0.4 is 9.80 Å². The fourth-order valence-corrected chi connectivity index (χ4v) is 7.00. The van der Waals surface area contributed by atoms with Crippen LogP contribution in [0.15, 0.2) is 115 Å². The minimum absolute atomic E-state index is 0.0223. The first-order valence-electron chi connectivity index (χ1n) is 16.7. The van der Waals surface area contributed by atoms with E-state index in [0.29, 0.717) is 4.90 Å². The van der Waals surface area contributed by atoms with Gasteiger partial charge in [0.1, 0.15) is 11.4 Å². The summed E-state index contributed by atoms with van der Waals surface area (Å²) in [4.78, 5) is 1.50. The van der Waals surface area contributed by atoms with Crippen molar-refractivity contribution in [1.29, 1.82) is 0 Å². The molecule has 0 aliphatic carbocycles. The summed E-state index contributed by atoms with van der Waals surface area (Å²) in [7, 11) is 0. The maximum absolute atomic E-state index is 15.8. The zero-order chi connectivity index (χ0) is 40.4. The van der Waals surface area contributed by atoms with Gasteiger partial charge in [-0.1, -0.05) is 72.8 Å². The highest BCUT2D eigenvalue weighted by Crippen LogP contribution is 2.50. The van der Waals surface area contributed by atoms with E-state index in [1.54, 1.807) is 0 Å². The molecule has 57 heavy (non-hydrogen) atoms.